The fourth-order valence-corrected chi connectivity index (χ4v) is 1.44. The van der Waals surface area contributed by atoms with Gasteiger partial charge in [-0.05, 0) is 19.1 Å². The number of nitrogens with zero attached hydrogens (tertiary/aromatic N) is 2. The molecule has 0 aliphatic carbocycles. The molecule has 1 atom stereocenters. The Hall–Kier alpha value is -2.28. The summed E-state index contributed by atoms with van der Waals surface area (Å²) in [5.41, 5.74) is 7.97. The normalized spacial score (nSPS) is 12.1. The van der Waals surface area contributed by atoms with Gasteiger partial charge in [0.05, 0.1) is 12.3 Å². The third-order valence-corrected chi connectivity index (χ3v) is 2.23. The number of nitrogens with two attached hydrogens (primary N) is 2. The number of nitrogens with one attached hydrogen (secondary N) is 2. The lowest BCUT2D eigenvalue weighted by Gasteiger charge is -2.12. The molecule has 6 N–H and O–H groups in total. The van der Waals surface area contributed by atoms with Crippen LogP contribution in [-0.2, 0) is 0 Å². The van der Waals surface area contributed by atoms with Crippen molar-refractivity contribution < 1.29 is 4.42 Å². The van der Waals surface area contributed by atoms with Crippen molar-refractivity contribution in [2.75, 3.05) is 16.5 Å². The number of hydrogen-bond acceptors (Lipinski definition) is 7. The second-order valence-corrected chi connectivity index (χ2v) is 3.52. The molecule has 17 heavy (non-hydrogen) atoms. The highest BCUT2D eigenvalue weighted by atomic mass is 16.3. The summed E-state index contributed by atoms with van der Waals surface area (Å²) < 4.78 is 5.28. The Bertz CT molecular complexity index is 484. The lowest BCUT2D eigenvalue weighted by Crippen LogP contribution is -2.13. The Morgan fingerprint density at radius 2 is 2.12 bits per heavy atom. The second-order valence-electron chi connectivity index (χ2n) is 3.52. The third-order valence-electron chi connectivity index (χ3n) is 2.23. The third kappa shape index (κ3) is 2.64. The Balaban J connectivity index is 2.15. The zero-order valence-electron chi connectivity index (χ0n) is 9.34. The van der Waals surface area contributed by atoms with Gasteiger partial charge >= 0.3 is 0 Å². The fraction of sp³-hybridized carbons (Fsp3) is 0.200. The molecule has 0 aromatic carbocycles. The number of rotatable bonds is 4. The Kier molecular flexibility index (Phi) is 3.10. The van der Waals surface area contributed by atoms with E-state index in [1.165, 1.54) is 0 Å². The highest BCUT2D eigenvalue weighted by Gasteiger charge is 2.09. The molecule has 2 aromatic rings. The maximum absolute atomic E-state index is 5.55. The van der Waals surface area contributed by atoms with Crippen LogP contribution in [0.2, 0.25) is 0 Å². The highest BCUT2D eigenvalue weighted by molar-refractivity contribution is 5.51. The van der Waals surface area contributed by atoms with Gasteiger partial charge in [0.15, 0.2) is 0 Å². The van der Waals surface area contributed by atoms with E-state index in [9.17, 15) is 0 Å². The van der Waals surface area contributed by atoms with E-state index in [2.05, 4.69) is 20.7 Å². The average molecular weight is 234 g/mol. The van der Waals surface area contributed by atoms with Gasteiger partial charge in [0, 0.05) is 6.07 Å². The van der Waals surface area contributed by atoms with Crippen LogP contribution in [0, 0.1) is 0 Å². The standard InChI is InChI=1S/C10H14N6O/c1-6(7-3-2-4-17-7)13-8-5-9(16-12)15-10(11)14-8/h2-6H,12H2,1H3,(H4,11,13,14,15,16). The lowest BCUT2D eigenvalue weighted by atomic mass is 10.2. The minimum Gasteiger partial charge on any atom is -0.467 e. The van der Waals surface area contributed by atoms with Crippen LogP contribution in [0.25, 0.3) is 0 Å². The topological polar surface area (TPSA) is 115 Å². The lowest BCUT2D eigenvalue weighted by molar-refractivity contribution is 0.490. The van der Waals surface area contributed by atoms with Crippen LogP contribution >= 0.6 is 0 Å². The Labute approximate surface area is 98.2 Å². The van der Waals surface area contributed by atoms with Gasteiger partial charge in [-0.25, -0.2) is 5.84 Å². The highest BCUT2D eigenvalue weighted by Crippen LogP contribution is 2.19. The first kappa shape index (κ1) is 11.2. The van der Waals surface area contributed by atoms with Crippen molar-refractivity contribution in [2.45, 2.75) is 13.0 Å². The number of hydrogen-bond donors (Lipinski definition) is 4. The molecule has 0 aliphatic rings. The van der Waals surface area contributed by atoms with E-state index in [4.69, 9.17) is 16.0 Å². The van der Waals surface area contributed by atoms with Gasteiger partial charge < -0.3 is 20.9 Å². The molecule has 0 aliphatic heterocycles. The smallest absolute Gasteiger partial charge is 0.223 e. The number of furan rings is 1. The van der Waals surface area contributed by atoms with E-state index in [1.54, 1.807) is 12.3 Å². The SMILES string of the molecule is CC(Nc1cc(NN)nc(N)n1)c1ccco1. The predicted molar refractivity (Wildman–Crippen MR) is 65.0 cm³/mol. The number of aromatic nitrogens is 2. The van der Waals surface area contributed by atoms with Crippen LogP contribution in [0.15, 0.2) is 28.9 Å². The van der Waals surface area contributed by atoms with Crippen LogP contribution in [0.1, 0.15) is 18.7 Å². The summed E-state index contributed by atoms with van der Waals surface area (Å²) in [6.07, 6.45) is 1.62. The van der Waals surface area contributed by atoms with Gasteiger partial charge in [-0.2, -0.15) is 9.97 Å². The van der Waals surface area contributed by atoms with Crippen LogP contribution in [0.4, 0.5) is 17.6 Å². The maximum Gasteiger partial charge on any atom is 0.223 e. The molecule has 0 fully saturated rings. The first-order chi connectivity index (χ1) is 8.19. The molecule has 0 amide bonds. The van der Waals surface area contributed by atoms with Crippen LogP contribution in [0.5, 0.6) is 0 Å². The monoisotopic (exact) mass is 234 g/mol. The van der Waals surface area contributed by atoms with Crippen molar-refractivity contribution in [1.82, 2.24) is 9.97 Å². The molecule has 2 heterocycles. The molecule has 0 saturated heterocycles. The van der Waals surface area contributed by atoms with Gasteiger partial charge in [0.1, 0.15) is 17.4 Å². The molecular weight excluding hydrogens is 220 g/mol. The van der Waals surface area contributed by atoms with E-state index < -0.39 is 0 Å². The molecule has 0 bridgehead atoms. The molecule has 0 spiro atoms. The Morgan fingerprint density at radius 1 is 1.35 bits per heavy atom. The average Bonchev–Trinajstić information content (AvgIpc) is 2.81. The van der Waals surface area contributed by atoms with Crippen molar-refractivity contribution in [3.05, 3.63) is 30.2 Å². The van der Waals surface area contributed by atoms with Crippen molar-refractivity contribution in [3.8, 4) is 0 Å². The van der Waals surface area contributed by atoms with Gasteiger partial charge in [-0.15, -0.1) is 0 Å². The first-order valence-corrected chi connectivity index (χ1v) is 5.10. The minimum atomic E-state index is -0.0232. The van der Waals surface area contributed by atoms with Gasteiger partial charge in [-0.1, -0.05) is 0 Å². The Morgan fingerprint density at radius 3 is 2.76 bits per heavy atom. The summed E-state index contributed by atoms with van der Waals surface area (Å²) in [5, 5.41) is 3.14. The summed E-state index contributed by atoms with van der Waals surface area (Å²) in [4.78, 5) is 7.94. The van der Waals surface area contributed by atoms with Gasteiger partial charge in [0.25, 0.3) is 0 Å². The van der Waals surface area contributed by atoms with E-state index >= 15 is 0 Å². The largest absolute Gasteiger partial charge is 0.467 e. The van der Waals surface area contributed by atoms with E-state index in [1.807, 2.05) is 19.1 Å². The quantitative estimate of drug-likeness (QED) is 0.462. The fourth-order valence-electron chi connectivity index (χ4n) is 1.44. The van der Waals surface area contributed by atoms with Crippen molar-refractivity contribution in [1.29, 1.82) is 0 Å². The van der Waals surface area contributed by atoms with Gasteiger partial charge in [0.2, 0.25) is 5.95 Å². The van der Waals surface area contributed by atoms with Crippen molar-refractivity contribution >= 4 is 17.6 Å². The zero-order chi connectivity index (χ0) is 12.3. The molecule has 2 aromatic heterocycles. The van der Waals surface area contributed by atoms with Crippen LogP contribution in [-0.4, -0.2) is 9.97 Å². The molecular formula is C10H14N6O. The maximum atomic E-state index is 5.55. The van der Waals surface area contributed by atoms with Crippen LogP contribution < -0.4 is 22.3 Å². The molecule has 0 saturated carbocycles. The summed E-state index contributed by atoms with van der Waals surface area (Å²) in [6.45, 7) is 1.95. The van der Waals surface area contributed by atoms with Gasteiger partial charge in [-0.3, -0.25) is 0 Å². The predicted octanol–water partition coefficient (Wildman–Crippen LogP) is 1.11. The molecule has 1 unspecified atom stereocenters. The minimum absolute atomic E-state index is 0.0232. The second kappa shape index (κ2) is 4.71. The van der Waals surface area contributed by atoms with E-state index in [0.717, 1.165) is 5.76 Å². The molecule has 90 valence electrons. The van der Waals surface area contributed by atoms with Crippen LogP contribution in [0.3, 0.4) is 0 Å². The summed E-state index contributed by atoms with van der Waals surface area (Å²) in [7, 11) is 0. The van der Waals surface area contributed by atoms with Crippen molar-refractivity contribution in [3.63, 3.8) is 0 Å². The molecule has 7 heteroatoms. The van der Waals surface area contributed by atoms with E-state index in [-0.39, 0.29) is 12.0 Å². The first-order valence-electron chi connectivity index (χ1n) is 5.10. The van der Waals surface area contributed by atoms with E-state index in [0.29, 0.717) is 11.6 Å². The summed E-state index contributed by atoms with van der Waals surface area (Å²) >= 11 is 0. The number of anilines is 3. The number of hydrazine groups is 1. The zero-order valence-corrected chi connectivity index (χ0v) is 9.34. The molecule has 0 radical (unpaired) electrons. The summed E-state index contributed by atoms with van der Waals surface area (Å²) in [5.74, 6) is 7.26. The molecule has 2 rings (SSSR count). The summed E-state index contributed by atoms with van der Waals surface area (Å²) in [6, 6.07) is 5.35. The van der Waals surface area contributed by atoms with Crippen molar-refractivity contribution in [2.24, 2.45) is 5.84 Å². The number of nitrogen functional groups attached to an aromatic ring is 2. The molecule has 7 nitrogen and oxygen atoms in total.